The Bertz CT molecular complexity index is 287. The number of ether oxygens (including phenoxy) is 2. The molecule has 0 bridgehead atoms. The van der Waals surface area contributed by atoms with E-state index >= 15 is 0 Å². The first-order valence-electron chi connectivity index (χ1n) is 4.85. The molecule has 0 aliphatic heterocycles. The predicted molar refractivity (Wildman–Crippen MR) is 56.8 cm³/mol. The minimum absolute atomic E-state index is 0.207. The number of hydrogen-bond donors (Lipinski definition) is 0. The van der Waals surface area contributed by atoms with Gasteiger partial charge in [-0.2, -0.15) is 0 Å². The fraction of sp³-hybridized carbons (Fsp3) is 0.500. The molecule has 1 radical (unpaired) electrons. The van der Waals surface area contributed by atoms with Crippen molar-refractivity contribution in [2.24, 2.45) is 0 Å². The van der Waals surface area contributed by atoms with Gasteiger partial charge in [0.25, 0.3) is 0 Å². The summed E-state index contributed by atoms with van der Waals surface area (Å²) in [5.74, 6) is 1.44. The summed E-state index contributed by atoms with van der Waals surface area (Å²) >= 11 is 0. The summed E-state index contributed by atoms with van der Waals surface area (Å²) in [4.78, 5) is 0. The molecule has 0 atom stereocenters. The largest absolute Gasteiger partial charge is 0.489 e. The zero-order valence-corrected chi connectivity index (χ0v) is 9.26. The molecule has 0 N–H and O–H groups in total. The van der Waals surface area contributed by atoms with Gasteiger partial charge < -0.3 is 9.47 Å². The Kier molecular flexibility index (Phi) is 3.39. The number of hydrogen-bond acceptors (Lipinski definition) is 2. The van der Waals surface area contributed by atoms with Crippen molar-refractivity contribution in [3.63, 3.8) is 0 Å². The van der Waals surface area contributed by atoms with Gasteiger partial charge in [-0.15, -0.1) is 0 Å². The van der Waals surface area contributed by atoms with Crippen LogP contribution in [0.3, 0.4) is 0 Å². The van der Waals surface area contributed by atoms with E-state index in [0.717, 1.165) is 5.75 Å². The molecule has 2 heteroatoms. The summed E-state index contributed by atoms with van der Waals surface area (Å²) in [5.41, 5.74) is -0.207. The van der Waals surface area contributed by atoms with E-state index in [4.69, 9.17) is 9.47 Å². The molecule has 0 heterocycles. The van der Waals surface area contributed by atoms with Crippen molar-refractivity contribution in [3.8, 4) is 11.5 Å². The molecule has 0 amide bonds. The molecule has 0 saturated carbocycles. The second-order valence-corrected chi connectivity index (χ2v) is 4.01. The smallest absolute Gasteiger partial charge is 0.169 e. The SMILES string of the molecule is CCOc1[c]cccc1OC(C)(C)C. The predicted octanol–water partition coefficient (Wildman–Crippen LogP) is 3.06. The van der Waals surface area contributed by atoms with Gasteiger partial charge in [0.05, 0.1) is 6.61 Å². The van der Waals surface area contributed by atoms with Gasteiger partial charge in [0, 0.05) is 6.07 Å². The van der Waals surface area contributed by atoms with Crippen LogP contribution in [0.2, 0.25) is 0 Å². The van der Waals surface area contributed by atoms with Gasteiger partial charge in [-0.25, -0.2) is 0 Å². The summed E-state index contributed by atoms with van der Waals surface area (Å²) in [5, 5.41) is 0. The lowest BCUT2D eigenvalue weighted by atomic mass is 10.2. The summed E-state index contributed by atoms with van der Waals surface area (Å²) in [6, 6.07) is 8.62. The van der Waals surface area contributed by atoms with Crippen molar-refractivity contribution in [3.05, 3.63) is 24.3 Å². The molecule has 1 aromatic carbocycles. The third-order valence-corrected chi connectivity index (χ3v) is 1.49. The summed E-state index contributed by atoms with van der Waals surface area (Å²) < 4.78 is 11.1. The highest BCUT2D eigenvalue weighted by molar-refractivity contribution is 5.38. The van der Waals surface area contributed by atoms with Crippen LogP contribution >= 0.6 is 0 Å². The molecule has 0 aliphatic rings. The van der Waals surface area contributed by atoms with E-state index < -0.39 is 0 Å². The first-order chi connectivity index (χ1) is 6.53. The maximum absolute atomic E-state index is 5.73. The molecule has 0 saturated heterocycles. The highest BCUT2D eigenvalue weighted by Crippen LogP contribution is 2.28. The molecule has 0 unspecified atom stereocenters. The van der Waals surface area contributed by atoms with Crippen molar-refractivity contribution < 1.29 is 9.47 Å². The quantitative estimate of drug-likeness (QED) is 0.734. The lowest BCUT2D eigenvalue weighted by Gasteiger charge is -2.22. The van der Waals surface area contributed by atoms with E-state index in [1.165, 1.54) is 0 Å². The highest BCUT2D eigenvalue weighted by Gasteiger charge is 2.14. The van der Waals surface area contributed by atoms with Crippen LogP contribution in [0.5, 0.6) is 11.5 Å². The average molecular weight is 193 g/mol. The third-order valence-electron chi connectivity index (χ3n) is 1.49. The standard InChI is InChI=1S/C12H17O2/c1-5-13-10-8-6-7-9-11(10)14-12(2,3)4/h6-7,9H,5H2,1-4H3. The molecule has 14 heavy (non-hydrogen) atoms. The summed E-state index contributed by atoms with van der Waals surface area (Å²) in [7, 11) is 0. The van der Waals surface area contributed by atoms with Crippen molar-refractivity contribution in [2.45, 2.75) is 33.3 Å². The molecule has 2 nitrogen and oxygen atoms in total. The first kappa shape index (κ1) is 10.9. The lowest BCUT2D eigenvalue weighted by molar-refractivity contribution is 0.124. The summed E-state index contributed by atoms with van der Waals surface area (Å²) in [6.45, 7) is 8.60. The maximum Gasteiger partial charge on any atom is 0.169 e. The Hall–Kier alpha value is -1.18. The van der Waals surface area contributed by atoms with Gasteiger partial charge in [-0.3, -0.25) is 0 Å². The molecular weight excluding hydrogens is 176 g/mol. The fourth-order valence-electron chi connectivity index (χ4n) is 1.07. The number of rotatable bonds is 3. The van der Waals surface area contributed by atoms with E-state index in [-0.39, 0.29) is 5.60 Å². The van der Waals surface area contributed by atoms with Crippen LogP contribution in [-0.4, -0.2) is 12.2 Å². The van der Waals surface area contributed by atoms with Crippen LogP contribution in [0.25, 0.3) is 0 Å². The monoisotopic (exact) mass is 193 g/mol. The van der Waals surface area contributed by atoms with Crippen LogP contribution in [0.4, 0.5) is 0 Å². The van der Waals surface area contributed by atoms with Crippen LogP contribution in [-0.2, 0) is 0 Å². The van der Waals surface area contributed by atoms with Crippen LogP contribution in [0.1, 0.15) is 27.7 Å². The van der Waals surface area contributed by atoms with Crippen LogP contribution in [0.15, 0.2) is 18.2 Å². The molecule has 77 valence electrons. The van der Waals surface area contributed by atoms with Gasteiger partial charge >= 0.3 is 0 Å². The summed E-state index contributed by atoms with van der Waals surface area (Å²) in [6.07, 6.45) is 0. The Labute approximate surface area is 85.8 Å². The number of para-hydroxylation sites is 1. The van der Waals surface area contributed by atoms with E-state index in [1.807, 2.05) is 45.9 Å². The second kappa shape index (κ2) is 4.36. The average Bonchev–Trinajstić information content (AvgIpc) is 2.06. The minimum Gasteiger partial charge on any atom is -0.489 e. The van der Waals surface area contributed by atoms with Gasteiger partial charge in [-0.05, 0) is 33.8 Å². The molecule has 0 fully saturated rings. The van der Waals surface area contributed by atoms with E-state index in [1.54, 1.807) is 0 Å². The molecular formula is C12H17O2. The van der Waals surface area contributed by atoms with Crippen molar-refractivity contribution in [1.82, 2.24) is 0 Å². The van der Waals surface area contributed by atoms with Gasteiger partial charge in [0.15, 0.2) is 11.5 Å². The first-order valence-corrected chi connectivity index (χ1v) is 4.85. The molecule has 1 aromatic rings. The van der Waals surface area contributed by atoms with Gasteiger partial charge in [0.1, 0.15) is 5.60 Å². The van der Waals surface area contributed by atoms with Crippen molar-refractivity contribution in [1.29, 1.82) is 0 Å². The van der Waals surface area contributed by atoms with Gasteiger partial charge in [0.2, 0.25) is 0 Å². The second-order valence-electron chi connectivity index (χ2n) is 4.01. The minimum atomic E-state index is -0.207. The van der Waals surface area contributed by atoms with Crippen LogP contribution < -0.4 is 9.47 Å². The Balaban J connectivity index is 2.84. The zero-order chi connectivity index (χ0) is 10.6. The topological polar surface area (TPSA) is 18.5 Å². The Morgan fingerprint density at radius 3 is 2.64 bits per heavy atom. The molecule has 1 rings (SSSR count). The lowest BCUT2D eigenvalue weighted by Crippen LogP contribution is -2.23. The molecule has 0 aliphatic carbocycles. The zero-order valence-electron chi connectivity index (χ0n) is 9.26. The van der Waals surface area contributed by atoms with Gasteiger partial charge in [-0.1, -0.05) is 12.1 Å². The number of benzene rings is 1. The normalized spacial score (nSPS) is 11.1. The Morgan fingerprint density at radius 2 is 2.07 bits per heavy atom. The van der Waals surface area contributed by atoms with E-state index in [0.29, 0.717) is 12.4 Å². The maximum atomic E-state index is 5.73. The van der Waals surface area contributed by atoms with Crippen molar-refractivity contribution in [2.75, 3.05) is 6.61 Å². The van der Waals surface area contributed by atoms with E-state index in [9.17, 15) is 0 Å². The highest BCUT2D eigenvalue weighted by atomic mass is 16.5. The molecule has 0 spiro atoms. The fourth-order valence-corrected chi connectivity index (χ4v) is 1.07. The van der Waals surface area contributed by atoms with Crippen molar-refractivity contribution >= 4 is 0 Å². The molecule has 0 aromatic heterocycles. The van der Waals surface area contributed by atoms with Crippen LogP contribution in [0, 0.1) is 6.07 Å². The third kappa shape index (κ3) is 3.29. The van der Waals surface area contributed by atoms with E-state index in [2.05, 4.69) is 6.07 Å². The Morgan fingerprint density at radius 1 is 1.36 bits per heavy atom.